The Morgan fingerprint density at radius 1 is 0.333 bits per heavy atom. The van der Waals surface area contributed by atoms with Crippen LogP contribution in [-0.4, -0.2) is 0 Å². The van der Waals surface area contributed by atoms with Crippen molar-refractivity contribution in [3.8, 4) is 11.1 Å². The molecule has 314 valence electrons. The van der Waals surface area contributed by atoms with Gasteiger partial charge in [0, 0.05) is 34.1 Å². The lowest BCUT2D eigenvalue weighted by Gasteiger charge is -2.36. The molecule has 8 aromatic carbocycles. The van der Waals surface area contributed by atoms with Crippen LogP contribution in [0, 0.1) is 27.7 Å². The first kappa shape index (κ1) is 41.7. The fourth-order valence-corrected chi connectivity index (χ4v) is 9.64. The first-order valence-electron chi connectivity index (χ1n) is 23.1. The molecule has 9 rings (SSSR count). The zero-order chi connectivity index (χ0) is 43.5. The van der Waals surface area contributed by atoms with E-state index in [1.165, 1.54) is 92.4 Å². The molecule has 1 aliphatic rings. The monoisotopic (exact) mass is 820 g/mol. The van der Waals surface area contributed by atoms with Gasteiger partial charge in [-0.25, -0.2) is 0 Å². The molecule has 0 N–H and O–H groups in total. The van der Waals surface area contributed by atoms with Gasteiger partial charge in [0.25, 0.3) is 0 Å². The van der Waals surface area contributed by atoms with E-state index in [0.717, 1.165) is 47.0 Å². The van der Waals surface area contributed by atoms with Crippen LogP contribution in [0.4, 0.5) is 34.1 Å². The molecular weight excluding hydrogens is 761 g/mol. The molecule has 0 atom stereocenters. The van der Waals surface area contributed by atoms with Crippen LogP contribution in [0.25, 0.3) is 11.1 Å². The zero-order valence-corrected chi connectivity index (χ0v) is 38.0. The highest BCUT2D eigenvalue weighted by atomic mass is 15.1. The quantitative estimate of drug-likeness (QED) is 0.108. The molecule has 0 aromatic heterocycles. The summed E-state index contributed by atoms with van der Waals surface area (Å²) < 4.78 is 0. The van der Waals surface area contributed by atoms with Gasteiger partial charge in [-0.05, 0) is 171 Å². The average molecular weight is 821 g/mol. The van der Waals surface area contributed by atoms with Gasteiger partial charge in [-0.2, -0.15) is 0 Å². The van der Waals surface area contributed by atoms with Gasteiger partial charge in [0.1, 0.15) is 0 Å². The Bertz CT molecular complexity index is 2600. The van der Waals surface area contributed by atoms with Crippen molar-refractivity contribution in [3.63, 3.8) is 0 Å². The summed E-state index contributed by atoms with van der Waals surface area (Å²) in [7, 11) is 0. The first-order chi connectivity index (χ1) is 30.8. The van der Waals surface area contributed by atoms with Gasteiger partial charge >= 0.3 is 0 Å². The maximum absolute atomic E-state index is 2.49. The SMILES string of the molecule is CCCCc1ccc(N(c2ccc(C)cc2)c2ccc3c(c2)C(c2ccc(C)cc2)(c2ccc(C)cc2)c2cc(N(c4ccc(C)cc4)c4ccc(CCCC)cc4)ccc2-3)cc1. The fourth-order valence-electron chi connectivity index (χ4n) is 9.64. The van der Waals surface area contributed by atoms with E-state index in [4.69, 9.17) is 0 Å². The van der Waals surface area contributed by atoms with Gasteiger partial charge in [0.05, 0.1) is 5.41 Å². The smallest absolute Gasteiger partial charge is 0.0715 e. The molecule has 2 heteroatoms. The number of unbranched alkanes of at least 4 members (excludes halogenated alkanes) is 2. The molecule has 0 bridgehead atoms. The number of fused-ring (bicyclic) bond motifs is 3. The molecule has 0 saturated heterocycles. The van der Waals surface area contributed by atoms with Crippen LogP contribution < -0.4 is 9.80 Å². The number of anilines is 6. The minimum atomic E-state index is -0.607. The predicted molar refractivity (Wildman–Crippen MR) is 269 cm³/mol. The second-order valence-corrected chi connectivity index (χ2v) is 17.8. The molecule has 8 aromatic rings. The molecule has 0 aliphatic heterocycles. The highest BCUT2D eigenvalue weighted by Crippen LogP contribution is 2.58. The second-order valence-electron chi connectivity index (χ2n) is 17.8. The Balaban J connectivity index is 1.29. The molecule has 0 saturated carbocycles. The van der Waals surface area contributed by atoms with Crippen LogP contribution in [-0.2, 0) is 18.3 Å². The van der Waals surface area contributed by atoms with Crippen LogP contribution in [0.1, 0.15) is 95.2 Å². The van der Waals surface area contributed by atoms with Crippen LogP contribution in [0.5, 0.6) is 0 Å². The van der Waals surface area contributed by atoms with E-state index in [0.29, 0.717) is 0 Å². The number of aryl methyl sites for hydroxylation is 6. The lowest BCUT2D eigenvalue weighted by atomic mass is 9.67. The summed E-state index contributed by atoms with van der Waals surface area (Å²) in [6, 6.07) is 69.5. The van der Waals surface area contributed by atoms with Crippen molar-refractivity contribution in [2.75, 3.05) is 9.80 Å². The minimum absolute atomic E-state index is 0.607. The highest BCUT2D eigenvalue weighted by molar-refractivity contribution is 5.92. The van der Waals surface area contributed by atoms with Crippen LogP contribution in [0.15, 0.2) is 182 Å². The summed E-state index contributed by atoms with van der Waals surface area (Å²) in [5.41, 5.74) is 21.7. The fraction of sp³-hybridized carbons (Fsp3) is 0.213. The van der Waals surface area contributed by atoms with E-state index in [1.54, 1.807) is 0 Å². The van der Waals surface area contributed by atoms with E-state index in [9.17, 15) is 0 Å². The maximum atomic E-state index is 2.49. The zero-order valence-electron chi connectivity index (χ0n) is 38.0. The van der Waals surface area contributed by atoms with Gasteiger partial charge in [0.2, 0.25) is 0 Å². The molecule has 1 aliphatic carbocycles. The minimum Gasteiger partial charge on any atom is -0.310 e. The Morgan fingerprint density at radius 3 is 0.937 bits per heavy atom. The van der Waals surface area contributed by atoms with E-state index in [1.807, 2.05) is 0 Å². The van der Waals surface area contributed by atoms with Gasteiger partial charge in [-0.15, -0.1) is 0 Å². The normalized spacial score (nSPS) is 12.5. The third kappa shape index (κ3) is 8.12. The Kier molecular flexibility index (Phi) is 11.9. The summed E-state index contributed by atoms with van der Waals surface area (Å²) in [5.74, 6) is 0. The second kappa shape index (κ2) is 18.0. The van der Waals surface area contributed by atoms with Crippen molar-refractivity contribution in [2.45, 2.75) is 85.5 Å². The Hall–Kier alpha value is -6.64. The summed E-state index contributed by atoms with van der Waals surface area (Å²) in [5, 5.41) is 0. The van der Waals surface area contributed by atoms with Crippen LogP contribution in [0.2, 0.25) is 0 Å². The average Bonchev–Trinajstić information content (AvgIpc) is 3.60. The summed E-state index contributed by atoms with van der Waals surface area (Å²) in [6.45, 7) is 13.2. The van der Waals surface area contributed by atoms with Crippen molar-refractivity contribution in [3.05, 3.63) is 238 Å². The van der Waals surface area contributed by atoms with Crippen molar-refractivity contribution >= 4 is 34.1 Å². The van der Waals surface area contributed by atoms with Gasteiger partial charge < -0.3 is 9.80 Å². The molecule has 0 heterocycles. The number of benzene rings is 8. The van der Waals surface area contributed by atoms with Crippen molar-refractivity contribution in [1.29, 1.82) is 0 Å². The van der Waals surface area contributed by atoms with Crippen molar-refractivity contribution in [2.24, 2.45) is 0 Å². The molecule has 0 spiro atoms. The maximum Gasteiger partial charge on any atom is 0.0715 e. The molecule has 0 amide bonds. The summed E-state index contributed by atoms with van der Waals surface area (Å²) >= 11 is 0. The molecule has 63 heavy (non-hydrogen) atoms. The van der Waals surface area contributed by atoms with Crippen LogP contribution >= 0.6 is 0 Å². The third-order valence-corrected chi connectivity index (χ3v) is 13.2. The largest absolute Gasteiger partial charge is 0.310 e. The Labute approximate surface area is 376 Å². The van der Waals surface area contributed by atoms with E-state index in [2.05, 4.69) is 233 Å². The number of nitrogens with zero attached hydrogens (tertiary/aromatic N) is 2. The lowest BCUT2D eigenvalue weighted by molar-refractivity contribution is 0.767. The Morgan fingerprint density at radius 2 is 0.619 bits per heavy atom. The van der Waals surface area contributed by atoms with Crippen LogP contribution in [0.3, 0.4) is 0 Å². The highest BCUT2D eigenvalue weighted by Gasteiger charge is 2.47. The molecule has 0 unspecified atom stereocenters. The van der Waals surface area contributed by atoms with Gasteiger partial charge in [-0.1, -0.05) is 158 Å². The van der Waals surface area contributed by atoms with Crippen molar-refractivity contribution in [1.82, 2.24) is 0 Å². The molecular formula is C61H60N2. The van der Waals surface area contributed by atoms with E-state index >= 15 is 0 Å². The van der Waals surface area contributed by atoms with Gasteiger partial charge in [0.15, 0.2) is 0 Å². The summed E-state index contributed by atoms with van der Waals surface area (Å²) in [4.78, 5) is 4.88. The summed E-state index contributed by atoms with van der Waals surface area (Å²) in [6.07, 6.45) is 6.97. The third-order valence-electron chi connectivity index (χ3n) is 13.2. The first-order valence-corrected chi connectivity index (χ1v) is 23.1. The predicted octanol–water partition coefficient (Wildman–Crippen LogP) is 16.9. The van der Waals surface area contributed by atoms with E-state index in [-0.39, 0.29) is 0 Å². The molecule has 0 fully saturated rings. The number of hydrogen-bond acceptors (Lipinski definition) is 2. The molecule has 0 radical (unpaired) electrons. The lowest BCUT2D eigenvalue weighted by Crippen LogP contribution is -2.29. The van der Waals surface area contributed by atoms with Crippen molar-refractivity contribution < 1.29 is 0 Å². The topological polar surface area (TPSA) is 6.48 Å². The van der Waals surface area contributed by atoms with E-state index < -0.39 is 5.41 Å². The number of hydrogen-bond donors (Lipinski definition) is 0. The van der Waals surface area contributed by atoms with Gasteiger partial charge in [-0.3, -0.25) is 0 Å². The molecule has 2 nitrogen and oxygen atoms in total. The standard InChI is InChI=1S/C61H60N2/c1-7-9-11-47-21-33-53(34-22-47)62(51-29-17-45(5)18-30-51)55-37-39-57-58-40-38-56(63(52-31-19-46(6)20-32-52)54-35-23-48(24-36-54)12-10-8-2)42-60(58)61(59(57)41-55,49-25-13-43(3)14-26-49)50-27-15-44(4)16-28-50/h13-42H,7-12H2,1-6H3. The number of rotatable bonds is 14.